The van der Waals surface area contributed by atoms with E-state index in [1.165, 1.54) is 0 Å². The minimum absolute atomic E-state index is 0.251. The van der Waals surface area contributed by atoms with Crippen LogP contribution < -0.4 is 15.4 Å². The second kappa shape index (κ2) is 9.84. The number of methoxy groups -OCH3 is 1. The third kappa shape index (κ3) is 5.54. The second-order valence-electron chi connectivity index (χ2n) is 6.39. The van der Waals surface area contributed by atoms with Crippen LogP contribution in [0.1, 0.15) is 20.9 Å². The molecule has 2 aromatic heterocycles. The molecule has 0 aliphatic heterocycles. The molecule has 1 aromatic carbocycles. The van der Waals surface area contributed by atoms with Crippen molar-refractivity contribution in [3.8, 4) is 5.75 Å². The average Bonchev–Trinajstić information content (AvgIpc) is 3.24. The van der Waals surface area contributed by atoms with E-state index in [4.69, 9.17) is 9.47 Å². The molecule has 3 aromatic rings. The predicted octanol–water partition coefficient (Wildman–Crippen LogP) is 2.84. The lowest BCUT2D eigenvalue weighted by molar-refractivity contribution is -0.123. The van der Waals surface area contributed by atoms with Crippen LogP contribution in [0.2, 0.25) is 0 Å². The standard InChI is InChI=1S/C21H21N3O5S/c1-13-17(10-14-5-6-15(28-2)11-18(14)23-13)20(26)29-12-19(25)24-21(27)22-8-7-16-4-3-9-30-16/h3-6,9-11H,7-8,12H2,1-2H3,(H2,22,24,25,27). The summed E-state index contributed by atoms with van der Waals surface area (Å²) in [6.45, 7) is 1.50. The summed E-state index contributed by atoms with van der Waals surface area (Å²) in [5, 5.41) is 7.41. The maximum Gasteiger partial charge on any atom is 0.340 e. The molecule has 30 heavy (non-hydrogen) atoms. The van der Waals surface area contributed by atoms with Crippen LogP contribution in [0, 0.1) is 6.92 Å². The SMILES string of the molecule is COc1ccc2cc(C(=O)OCC(=O)NC(=O)NCCc3cccs3)c(C)nc2c1. The van der Waals surface area contributed by atoms with Gasteiger partial charge in [-0.1, -0.05) is 6.07 Å². The zero-order valence-corrected chi connectivity index (χ0v) is 17.4. The highest BCUT2D eigenvalue weighted by molar-refractivity contribution is 7.09. The van der Waals surface area contributed by atoms with Crippen molar-refractivity contribution in [3.05, 3.63) is 57.9 Å². The van der Waals surface area contributed by atoms with Gasteiger partial charge in [0.15, 0.2) is 6.61 Å². The number of thiophene rings is 1. The number of hydrogen-bond acceptors (Lipinski definition) is 7. The van der Waals surface area contributed by atoms with Gasteiger partial charge in [0.2, 0.25) is 0 Å². The molecule has 0 atom stereocenters. The Balaban J connectivity index is 1.50. The maximum absolute atomic E-state index is 12.4. The highest BCUT2D eigenvalue weighted by Crippen LogP contribution is 2.22. The fourth-order valence-electron chi connectivity index (χ4n) is 2.75. The van der Waals surface area contributed by atoms with Gasteiger partial charge in [-0.3, -0.25) is 15.1 Å². The Kier molecular flexibility index (Phi) is 6.97. The summed E-state index contributed by atoms with van der Waals surface area (Å²) in [4.78, 5) is 41.5. The Morgan fingerprint density at radius 1 is 1.17 bits per heavy atom. The second-order valence-corrected chi connectivity index (χ2v) is 7.42. The number of pyridine rings is 1. The summed E-state index contributed by atoms with van der Waals surface area (Å²) in [5.74, 6) is -0.742. The van der Waals surface area contributed by atoms with E-state index in [1.54, 1.807) is 49.6 Å². The van der Waals surface area contributed by atoms with Gasteiger partial charge in [0.05, 0.1) is 23.9 Å². The lowest BCUT2D eigenvalue weighted by atomic mass is 10.1. The molecule has 3 rings (SSSR count). The predicted molar refractivity (Wildman–Crippen MR) is 113 cm³/mol. The van der Waals surface area contributed by atoms with E-state index in [-0.39, 0.29) is 5.56 Å². The molecule has 9 heteroatoms. The summed E-state index contributed by atoms with van der Waals surface area (Å²) < 4.78 is 10.2. The molecule has 3 amide bonds. The van der Waals surface area contributed by atoms with Crippen LogP contribution in [0.5, 0.6) is 5.75 Å². The first-order valence-electron chi connectivity index (χ1n) is 9.19. The van der Waals surface area contributed by atoms with E-state index in [1.807, 2.05) is 17.5 Å². The molecule has 156 valence electrons. The molecular weight excluding hydrogens is 406 g/mol. The van der Waals surface area contributed by atoms with Crippen LogP contribution in [0.3, 0.4) is 0 Å². The van der Waals surface area contributed by atoms with E-state index < -0.39 is 24.5 Å². The number of imide groups is 1. The Morgan fingerprint density at radius 2 is 2.00 bits per heavy atom. The molecule has 0 aliphatic rings. The summed E-state index contributed by atoms with van der Waals surface area (Å²) in [6.07, 6.45) is 0.675. The molecule has 2 heterocycles. The van der Waals surface area contributed by atoms with Gasteiger partial charge in [0, 0.05) is 22.9 Å². The van der Waals surface area contributed by atoms with Gasteiger partial charge in [0.1, 0.15) is 5.75 Å². The summed E-state index contributed by atoms with van der Waals surface area (Å²) in [5.41, 5.74) is 1.40. The first kappa shape index (κ1) is 21.3. The molecule has 0 radical (unpaired) electrons. The molecule has 0 aliphatic carbocycles. The zero-order chi connectivity index (χ0) is 21.5. The highest BCUT2D eigenvalue weighted by Gasteiger charge is 2.16. The fraction of sp³-hybridized carbons (Fsp3) is 0.238. The van der Waals surface area contributed by atoms with Crippen LogP contribution >= 0.6 is 11.3 Å². The van der Waals surface area contributed by atoms with Gasteiger partial charge in [-0.25, -0.2) is 9.59 Å². The van der Waals surface area contributed by atoms with Gasteiger partial charge in [-0.2, -0.15) is 0 Å². The lowest BCUT2D eigenvalue weighted by Crippen LogP contribution is -2.42. The number of nitrogens with one attached hydrogen (secondary N) is 2. The number of benzene rings is 1. The topological polar surface area (TPSA) is 107 Å². The van der Waals surface area contributed by atoms with E-state index in [2.05, 4.69) is 15.6 Å². The van der Waals surface area contributed by atoms with Crippen molar-refractivity contribution >= 4 is 40.1 Å². The smallest absolute Gasteiger partial charge is 0.340 e. The number of carbonyl (C=O) groups excluding carboxylic acids is 3. The Morgan fingerprint density at radius 3 is 2.73 bits per heavy atom. The molecular formula is C21H21N3O5S. The van der Waals surface area contributed by atoms with Gasteiger partial charge < -0.3 is 14.8 Å². The zero-order valence-electron chi connectivity index (χ0n) is 16.6. The maximum atomic E-state index is 12.4. The van der Waals surface area contributed by atoms with Gasteiger partial charge in [0.25, 0.3) is 5.91 Å². The van der Waals surface area contributed by atoms with Gasteiger partial charge in [-0.15, -0.1) is 11.3 Å². The largest absolute Gasteiger partial charge is 0.497 e. The minimum atomic E-state index is -0.715. The molecule has 8 nitrogen and oxygen atoms in total. The number of amides is 3. The monoisotopic (exact) mass is 427 g/mol. The van der Waals surface area contributed by atoms with Crippen molar-refractivity contribution in [3.63, 3.8) is 0 Å². The van der Waals surface area contributed by atoms with E-state index in [0.29, 0.717) is 29.9 Å². The van der Waals surface area contributed by atoms with Crippen molar-refractivity contribution in [2.75, 3.05) is 20.3 Å². The van der Waals surface area contributed by atoms with Crippen LogP contribution in [0.4, 0.5) is 4.79 Å². The Bertz CT molecular complexity index is 1070. The average molecular weight is 427 g/mol. The first-order valence-corrected chi connectivity index (χ1v) is 10.1. The van der Waals surface area contributed by atoms with Crippen LogP contribution in [-0.2, 0) is 16.0 Å². The van der Waals surface area contributed by atoms with Crippen molar-refractivity contribution in [2.24, 2.45) is 0 Å². The van der Waals surface area contributed by atoms with Crippen LogP contribution in [0.15, 0.2) is 41.8 Å². The number of carbonyl (C=O) groups is 3. The van der Waals surface area contributed by atoms with Crippen molar-refractivity contribution in [1.29, 1.82) is 0 Å². The summed E-state index contributed by atoms with van der Waals surface area (Å²) in [6, 6.07) is 10.2. The molecule has 0 unspecified atom stereocenters. The number of urea groups is 1. The number of esters is 1. The Hall–Kier alpha value is -3.46. The Labute approximate surface area is 177 Å². The number of aryl methyl sites for hydroxylation is 1. The minimum Gasteiger partial charge on any atom is -0.497 e. The lowest BCUT2D eigenvalue weighted by Gasteiger charge is -2.09. The normalized spacial score (nSPS) is 10.5. The third-order valence-electron chi connectivity index (χ3n) is 4.26. The summed E-state index contributed by atoms with van der Waals surface area (Å²) >= 11 is 1.59. The molecule has 0 saturated heterocycles. The van der Waals surface area contributed by atoms with E-state index in [0.717, 1.165) is 10.3 Å². The molecule has 0 fully saturated rings. The number of fused-ring (bicyclic) bond motifs is 1. The van der Waals surface area contributed by atoms with Crippen molar-refractivity contribution in [2.45, 2.75) is 13.3 Å². The number of nitrogens with zero attached hydrogens (tertiary/aromatic N) is 1. The molecule has 0 saturated carbocycles. The number of rotatable bonds is 7. The number of aromatic nitrogens is 1. The van der Waals surface area contributed by atoms with Gasteiger partial charge in [-0.05, 0) is 43.0 Å². The quantitative estimate of drug-likeness (QED) is 0.562. The van der Waals surface area contributed by atoms with E-state index >= 15 is 0 Å². The molecule has 2 N–H and O–H groups in total. The molecule has 0 spiro atoms. The highest BCUT2D eigenvalue weighted by atomic mass is 32.1. The van der Waals surface area contributed by atoms with E-state index in [9.17, 15) is 14.4 Å². The molecule has 0 bridgehead atoms. The fourth-order valence-corrected chi connectivity index (χ4v) is 3.46. The summed E-state index contributed by atoms with van der Waals surface area (Å²) in [7, 11) is 1.56. The van der Waals surface area contributed by atoms with Crippen LogP contribution in [0.25, 0.3) is 10.9 Å². The van der Waals surface area contributed by atoms with Crippen molar-refractivity contribution in [1.82, 2.24) is 15.6 Å². The first-order chi connectivity index (χ1) is 14.5. The van der Waals surface area contributed by atoms with Crippen LogP contribution in [-0.4, -0.2) is 43.2 Å². The van der Waals surface area contributed by atoms with Gasteiger partial charge >= 0.3 is 12.0 Å². The number of hydrogen-bond donors (Lipinski definition) is 2. The number of ether oxygens (including phenoxy) is 2. The third-order valence-corrected chi connectivity index (χ3v) is 5.20. The van der Waals surface area contributed by atoms with Crippen molar-refractivity contribution < 1.29 is 23.9 Å².